The molecule has 0 bridgehead atoms. The number of ether oxygens (including phenoxy) is 8. The van der Waals surface area contributed by atoms with Gasteiger partial charge in [0, 0.05) is 57.9 Å². The molecule has 0 atom stereocenters. The molecule has 1 aliphatic rings. The van der Waals surface area contributed by atoms with Crippen LogP contribution in [-0.4, -0.2) is 150 Å². The highest BCUT2D eigenvalue weighted by Crippen LogP contribution is 2.17. The van der Waals surface area contributed by atoms with Gasteiger partial charge < -0.3 is 43.2 Å². The quantitative estimate of drug-likeness (QED) is 0.203. The average Bonchev–Trinajstić information content (AvgIpc) is 3.11. The van der Waals surface area contributed by atoms with Gasteiger partial charge in [-0.05, 0) is 39.3 Å². The van der Waals surface area contributed by atoms with E-state index in [0.717, 1.165) is 5.69 Å². The van der Waals surface area contributed by atoms with Crippen LogP contribution >= 0.6 is 0 Å². The van der Waals surface area contributed by atoms with Crippen LogP contribution < -0.4 is 10.1 Å². The van der Waals surface area contributed by atoms with Crippen molar-refractivity contribution >= 4 is 18.0 Å². The van der Waals surface area contributed by atoms with Crippen LogP contribution in [0.4, 0.5) is 4.79 Å². The molecule has 16 nitrogen and oxygen atoms in total. The van der Waals surface area contributed by atoms with Crippen LogP contribution in [0.2, 0.25) is 0 Å². The monoisotopic (exact) mass is 733 g/mol. The molecule has 2 aromatic heterocycles. The van der Waals surface area contributed by atoms with Gasteiger partial charge in [-0.15, -0.1) is 0 Å². The zero-order chi connectivity index (χ0) is 37.6. The van der Waals surface area contributed by atoms with Crippen LogP contribution in [0.25, 0.3) is 0 Å². The lowest BCUT2D eigenvalue weighted by Gasteiger charge is -2.23. The predicted octanol–water partition coefficient (Wildman–Crippen LogP) is 2.73. The summed E-state index contributed by atoms with van der Waals surface area (Å²) in [6, 6.07) is 8.63. The Morgan fingerprint density at radius 2 is 1.25 bits per heavy atom. The molecule has 1 saturated heterocycles. The third-order valence-electron chi connectivity index (χ3n) is 7.43. The van der Waals surface area contributed by atoms with Gasteiger partial charge in [-0.2, -0.15) is 0 Å². The number of rotatable bonds is 11. The van der Waals surface area contributed by atoms with Gasteiger partial charge in [0.25, 0.3) is 0 Å². The summed E-state index contributed by atoms with van der Waals surface area (Å²) in [5.74, 6) is -0.577. The van der Waals surface area contributed by atoms with Gasteiger partial charge in [-0.1, -0.05) is 6.07 Å². The zero-order valence-electron chi connectivity index (χ0n) is 31.2. The first-order valence-corrected chi connectivity index (χ1v) is 17.5. The molecular weight excluding hydrogens is 678 g/mol. The number of esters is 2. The molecule has 1 amide bonds. The van der Waals surface area contributed by atoms with Gasteiger partial charge in [0.05, 0.1) is 85.1 Å². The summed E-state index contributed by atoms with van der Waals surface area (Å²) >= 11 is 0. The highest BCUT2D eigenvalue weighted by molar-refractivity contribution is 5.87. The molecule has 0 spiro atoms. The molecule has 3 rings (SSSR count). The van der Waals surface area contributed by atoms with Crippen LogP contribution in [0.3, 0.4) is 0 Å². The summed E-state index contributed by atoms with van der Waals surface area (Å²) in [6.45, 7) is 13.1. The number of methoxy groups -OCH3 is 2. The molecule has 2 aromatic rings. The number of amides is 1. The molecule has 3 heterocycles. The maximum atomic E-state index is 12.4. The van der Waals surface area contributed by atoms with E-state index in [1.807, 2.05) is 6.07 Å². The summed E-state index contributed by atoms with van der Waals surface area (Å²) < 4.78 is 44.4. The molecular formula is C36H55N5O11. The third-order valence-corrected chi connectivity index (χ3v) is 7.43. The topological polar surface area (TPSA) is 169 Å². The van der Waals surface area contributed by atoms with E-state index in [1.54, 1.807) is 45.0 Å². The van der Waals surface area contributed by atoms with E-state index in [2.05, 4.69) is 25.1 Å². The van der Waals surface area contributed by atoms with E-state index in [1.165, 1.54) is 14.2 Å². The molecule has 1 N–H and O–H groups in total. The average molecular weight is 734 g/mol. The molecule has 0 aliphatic carbocycles. The fraction of sp³-hybridized carbons (Fsp3) is 0.639. The van der Waals surface area contributed by atoms with Crippen molar-refractivity contribution in [1.82, 2.24) is 25.1 Å². The molecule has 290 valence electrons. The van der Waals surface area contributed by atoms with Gasteiger partial charge >= 0.3 is 18.0 Å². The molecule has 1 fully saturated rings. The van der Waals surface area contributed by atoms with Crippen molar-refractivity contribution in [3.63, 3.8) is 0 Å². The first-order chi connectivity index (χ1) is 25.1. The highest BCUT2D eigenvalue weighted by Gasteiger charge is 2.17. The van der Waals surface area contributed by atoms with Crippen molar-refractivity contribution in [2.24, 2.45) is 0 Å². The Labute approximate surface area is 306 Å². The second-order valence-electron chi connectivity index (χ2n) is 12.8. The van der Waals surface area contributed by atoms with E-state index < -0.39 is 23.6 Å². The minimum Gasteiger partial charge on any atom is -0.493 e. The standard InChI is InChI=1S/C36H55N5O11/c1-36(2,3)52-35(44)37-10-7-15-51-30-24-29(39-32(25-30)34(43)46-5)27-41-13-18-49-22-20-47-16-11-40(12-17-48-21-23-50-19-14-41)26-28-8-6-9-31(38-28)33(42)45-4/h6,8-9,24-25H,7,10-23,26-27H2,1-5H3,(H,37,44). The molecule has 52 heavy (non-hydrogen) atoms. The number of nitrogens with zero attached hydrogens (tertiary/aromatic N) is 4. The van der Waals surface area contributed by atoms with Crippen molar-refractivity contribution in [2.75, 3.05) is 106 Å². The van der Waals surface area contributed by atoms with E-state index in [0.29, 0.717) is 123 Å². The number of pyridine rings is 2. The Morgan fingerprint density at radius 1 is 0.731 bits per heavy atom. The van der Waals surface area contributed by atoms with Gasteiger partial charge in [0.15, 0.2) is 5.69 Å². The fourth-order valence-corrected chi connectivity index (χ4v) is 4.90. The van der Waals surface area contributed by atoms with Gasteiger partial charge in [-0.3, -0.25) is 9.80 Å². The summed E-state index contributed by atoms with van der Waals surface area (Å²) in [6.07, 6.45) is 0.0397. The Kier molecular flexibility index (Phi) is 19.3. The maximum Gasteiger partial charge on any atom is 0.407 e. The second-order valence-corrected chi connectivity index (χ2v) is 12.8. The number of hydrogen-bond acceptors (Lipinski definition) is 15. The lowest BCUT2D eigenvalue weighted by atomic mass is 10.2. The summed E-state index contributed by atoms with van der Waals surface area (Å²) in [7, 11) is 2.64. The Hall–Kier alpha value is -3.93. The van der Waals surface area contributed by atoms with Crippen LogP contribution in [0.15, 0.2) is 30.3 Å². The summed E-state index contributed by atoms with van der Waals surface area (Å²) in [5, 5.41) is 2.70. The predicted molar refractivity (Wildman–Crippen MR) is 189 cm³/mol. The van der Waals surface area contributed by atoms with Gasteiger partial charge in [0.1, 0.15) is 17.0 Å². The van der Waals surface area contributed by atoms with Gasteiger partial charge in [0.2, 0.25) is 0 Å². The normalized spacial score (nSPS) is 16.6. The van der Waals surface area contributed by atoms with Crippen molar-refractivity contribution in [1.29, 1.82) is 0 Å². The van der Waals surface area contributed by atoms with E-state index in [4.69, 9.17) is 37.9 Å². The third kappa shape index (κ3) is 17.5. The Morgan fingerprint density at radius 3 is 1.79 bits per heavy atom. The first-order valence-electron chi connectivity index (χ1n) is 17.5. The van der Waals surface area contributed by atoms with Crippen molar-refractivity contribution in [3.8, 4) is 5.75 Å². The Balaban J connectivity index is 1.52. The molecule has 1 aliphatic heterocycles. The van der Waals surface area contributed by atoms with Crippen LogP contribution in [0, 0.1) is 0 Å². The van der Waals surface area contributed by atoms with E-state index in [-0.39, 0.29) is 11.4 Å². The van der Waals surface area contributed by atoms with Crippen molar-refractivity contribution in [2.45, 2.75) is 45.9 Å². The number of alkyl carbamates (subject to hydrolysis) is 1. The van der Waals surface area contributed by atoms with Crippen LogP contribution in [0.1, 0.15) is 59.6 Å². The number of nitrogens with one attached hydrogen (secondary N) is 1. The lowest BCUT2D eigenvalue weighted by molar-refractivity contribution is 0.00596. The summed E-state index contributed by atoms with van der Waals surface area (Å²) in [4.78, 5) is 49.5. The molecule has 0 radical (unpaired) electrons. The van der Waals surface area contributed by atoms with E-state index in [9.17, 15) is 14.4 Å². The first kappa shape index (κ1) is 42.5. The highest BCUT2D eigenvalue weighted by atomic mass is 16.6. The molecule has 16 heteroatoms. The number of carbonyl (C=O) groups excluding carboxylic acids is 3. The Bertz CT molecular complexity index is 1350. The van der Waals surface area contributed by atoms with Crippen LogP contribution in [-0.2, 0) is 46.2 Å². The zero-order valence-corrected chi connectivity index (χ0v) is 31.2. The molecule has 0 unspecified atom stereocenters. The van der Waals surface area contributed by atoms with Gasteiger partial charge in [-0.25, -0.2) is 24.4 Å². The number of aromatic nitrogens is 2. The molecule has 0 aromatic carbocycles. The van der Waals surface area contributed by atoms with Crippen LogP contribution in [0.5, 0.6) is 5.75 Å². The SMILES string of the molecule is COC(=O)c1cccc(CN2CCOCCOCCN(Cc3cc(OCCCNC(=O)OC(C)(C)C)cc(C(=O)OC)n3)CCOCCOCC2)n1. The lowest BCUT2D eigenvalue weighted by Crippen LogP contribution is -2.33. The number of hydrogen-bond donors (Lipinski definition) is 1. The minimum atomic E-state index is -0.577. The minimum absolute atomic E-state index is 0.134. The molecule has 0 saturated carbocycles. The summed E-state index contributed by atoms with van der Waals surface area (Å²) in [5.41, 5.74) is 1.20. The maximum absolute atomic E-state index is 12.4. The van der Waals surface area contributed by atoms with Crippen molar-refractivity contribution in [3.05, 3.63) is 53.1 Å². The van der Waals surface area contributed by atoms with Crippen molar-refractivity contribution < 1.29 is 52.3 Å². The second kappa shape index (κ2) is 23.6. The number of carbonyl (C=O) groups is 3. The smallest absolute Gasteiger partial charge is 0.407 e. The van der Waals surface area contributed by atoms with E-state index >= 15 is 0 Å². The fourth-order valence-electron chi connectivity index (χ4n) is 4.90. The largest absolute Gasteiger partial charge is 0.493 e.